The Balaban J connectivity index is 1.43. The summed E-state index contributed by atoms with van der Waals surface area (Å²) in [6.07, 6.45) is -5.24. The first-order valence-electron chi connectivity index (χ1n) is 10.0. The first kappa shape index (κ1) is 21.7. The molecule has 0 bridgehead atoms. The highest BCUT2D eigenvalue weighted by molar-refractivity contribution is 5.46. The van der Waals surface area contributed by atoms with Crippen molar-refractivity contribution < 1.29 is 44.1 Å². The van der Waals surface area contributed by atoms with Gasteiger partial charge < -0.3 is 44.1 Å². The van der Waals surface area contributed by atoms with Gasteiger partial charge in [-0.25, -0.2) is 0 Å². The molecule has 2 aliphatic heterocycles. The van der Waals surface area contributed by atoms with E-state index in [0.717, 1.165) is 35.5 Å². The van der Waals surface area contributed by atoms with Crippen LogP contribution in [0.5, 0.6) is 23.0 Å². The molecule has 4 rings (SSSR count). The summed E-state index contributed by atoms with van der Waals surface area (Å²) in [4.78, 5) is 0. The zero-order chi connectivity index (χ0) is 22.0. The number of fused-ring (bicyclic) bond motifs is 1. The fourth-order valence-corrected chi connectivity index (χ4v) is 3.64. The number of methoxy groups -OCH3 is 1. The molecule has 2 aromatic carbocycles. The highest BCUT2D eigenvalue weighted by Gasteiger charge is 2.44. The van der Waals surface area contributed by atoms with Crippen molar-refractivity contribution in [2.45, 2.75) is 43.5 Å². The van der Waals surface area contributed by atoms with Gasteiger partial charge in [0.2, 0.25) is 13.1 Å². The fourth-order valence-electron chi connectivity index (χ4n) is 3.64. The Morgan fingerprint density at radius 2 is 1.58 bits per heavy atom. The maximum Gasteiger partial charge on any atom is 0.231 e. The van der Waals surface area contributed by atoms with Crippen LogP contribution < -0.4 is 18.9 Å². The third kappa shape index (κ3) is 4.56. The van der Waals surface area contributed by atoms with Crippen molar-refractivity contribution in [3.63, 3.8) is 0 Å². The summed E-state index contributed by atoms with van der Waals surface area (Å²) in [6.45, 7) is -0.285. The Kier molecular flexibility index (Phi) is 6.49. The van der Waals surface area contributed by atoms with E-state index in [1.807, 2.05) is 30.3 Å². The minimum Gasteiger partial charge on any atom is -0.493 e. The molecule has 1 saturated heterocycles. The molecule has 4 N–H and O–H groups in total. The molecule has 168 valence electrons. The lowest BCUT2D eigenvalue weighted by Crippen LogP contribution is -2.60. The molecule has 9 heteroatoms. The largest absolute Gasteiger partial charge is 0.493 e. The third-order valence-electron chi connectivity index (χ3n) is 5.46. The standard InChI is InChI=1S/C22H26O9/c1-27-16-8-12(2-3-13-4-6-14-17(9-13)29-11-28-14)5-7-15(16)30-22-21(26)20(25)19(24)18(10-23)31-22/h4-9,18-26H,2-3,10-11H2,1H3/t18-,19-,20+,21-,22-/m1/s1. The van der Waals surface area contributed by atoms with Gasteiger partial charge in [0.05, 0.1) is 13.7 Å². The van der Waals surface area contributed by atoms with Crippen LogP contribution in [0.25, 0.3) is 0 Å². The molecule has 0 radical (unpaired) electrons. The van der Waals surface area contributed by atoms with Gasteiger partial charge in [-0.2, -0.15) is 0 Å². The predicted octanol–water partition coefficient (Wildman–Crippen LogP) is 0.388. The first-order valence-corrected chi connectivity index (χ1v) is 10.0. The number of aliphatic hydroxyl groups excluding tert-OH is 4. The summed E-state index contributed by atoms with van der Waals surface area (Å²) in [7, 11) is 1.50. The van der Waals surface area contributed by atoms with Crippen molar-refractivity contribution in [2.24, 2.45) is 0 Å². The van der Waals surface area contributed by atoms with E-state index in [0.29, 0.717) is 11.5 Å². The van der Waals surface area contributed by atoms with Crippen molar-refractivity contribution in [1.82, 2.24) is 0 Å². The lowest BCUT2D eigenvalue weighted by molar-refractivity contribution is -0.277. The van der Waals surface area contributed by atoms with Gasteiger partial charge in [-0.05, 0) is 48.2 Å². The van der Waals surface area contributed by atoms with Crippen molar-refractivity contribution in [1.29, 1.82) is 0 Å². The van der Waals surface area contributed by atoms with E-state index < -0.39 is 37.3 Å². The van der Waals surface area contributed by atoms with Crippen LogP contribution in [0.3, 0.4) is 0 Å². The molecule has 2 aromatic rings. The van der Waals surface area contributed by atoms with Crippen LogP contribution in [0.4, 0.5) is 0 Å². The van der Waals surface area contributed by atoms with Gasteiger partial charge in [-0.3, -0.25) is 0 Å². The molecule has 2 aliphatic rings. The normalized spacial score (nSPS) is 27.2. The minimum absolute atomic E-state index is 0.242. The van der Waals surface area contributed by atoms with Gasteiger partial charge in [0, 0.05) is 0 Å². The molecular weight excluding hydrogens is 408 g/mol. The Morgan fingerprint density at radius 1 is 0.871 bits per heavy atom. The number of rotatable bonds is 7. The third-order valence-corrected chi connectivity index (χ3v) is 5.46. The van der Waals surface area contributed by atoms with Crippen molar-refractivity contribution in [3.8, 4) is 23.0 Å². The van der Waals surface area contributed by atoms with Gasteiger partial charge in [-0.1, -0.05) is 12.1 Å². The van der Waals surface area contributed by atoms with Gasteiger partial charge in [0.25, 0.3) is 0 Å². The van der Waals surface area contributed by atoms with E-state index in [4.69, 9.17) is 23.7 Å². The van der Waals surface area contributed by atoms with Crippen LogP contribution >= 0.6 is 0 Å². The summed E-state index contributed by atoms with van der Waals surface area (Å²) in [6, 6.07) is 11.3. The maximum absolute atomic E-state index is 10.2. The number of aryl methyl sites for hydroxylation is 2. The fraction of sp³-hybridized carbons (Fsp3) is 0.455. The minimum atomic E-state index is -1.51. The quantitative estimate of drug-likeness (QED) is 0.489. The SMILES string of the molecule is COc1cc(CCc2ccc3c(c2)OCO3)ccc1O[C@@H]1O[C@H](CO)[C@@H](O)[C@H](O)[C@H]1O. The summed E-state index contributed by atoms with van der Waals surface area (Å²) >= 11 is 0. The van der Waals surface area contributed by atoms with Gasteiger partial charge in [0.15, 0.2) is 23.0 Å². The van der Waals surface area contributed by atoms with E-state index in [2.05, 4.69) is 0 Å². The Hall–Kier alpha value is -2.56. The van der Waals surface area contributed by atoms with Gasteiger partial charge >= 0.3 is 0 Å². The molecule has 0 aliphatic carbocycles. The van der Waals surface area contributed by atoms with E-state index in [1.54, 1.807) is 6.07 Å². The second kappa shape index (κ2) is 9.29. The van der Waals surface area contributed by atoms with Crippen molar-refractivity contribution >= 4 is 0 Å². The number of hydrogen-bond acceptors (Lipinski definition) is 9. The van der Waals surface area contributed by atoms with Crippen LogP contribution in [0.2, 0.25) is 0 Å². The first-order chi connectivity index (χ1) is 15.0. The van der Waals surface area contributed by atoms with Crippen molar-refractivity contribution in [2.75, 3.05) is 20.5 Å². The molecule has 2 heterocycles. The summed E-state index contributed by atoms with van der Waals surface area (Å²) < 4.78 is 27.3. The lowest BCUT2D eigenvalue weighted by Gasteiger charge is -2.39. The maximum atomic E-state index is 10.2. The average molecular weight is 434 g/mol. The Labute approximate surface area is 179 Å². The number of hydrogen-bond donors (Lipinski definition) is 4. The average Bonchev–Trinajstić information content (AvgIpc) is 3.26. The van der Waals surface area contributed by atoms with Crippen molar-refractivity contribution in [3.05, 3.63) is 47.5 Å². The van der Waals surface area contributed by atoms with Gasteiger partial charge in [-0.15, -0.1) is 0 Å². The lowest BCUT2D eigenvalue weighted by atomic mass is 9.99. The topological polar surface area (TPSA) is 127 Å². The summed E-state index contributed by atoms with van der Waals surface area (Å²) in [5, 5.41) is 39.3. The summed E-state index contributed by atoms with van der Waals surface area (Å²) in [5.41, 5.74) is 2.13. The van der Waals surface area contributed by atoms with E-state index in [-0.39, 0.29) is 6.79 Å². The van der Waals surface area contributed by atoms with E-state index in [9.17, 15) is 20.4 Å². The molecular formula is C22H26O9. The zero-order valence-corrected chi connectivity index (χ0v) is 17.0. The highest BCUT2D eigenvalue weighted by atomic mass is 16.7. The second-order valence-electron chi connectivity index (χ2n) is 7.49. The highest BCUT2D eigenvalue weighted by Crippen LogP contribution is 2.34. The zero-order valence-electron chi connectivity index (χ0n) is 17.0. The predicted molar refractivity (Wildman–Crippen MR) is 107 cm³/mol. The molecule has 0 amide bonds. The number of benzene rings is 2. The molecule has 31 heavy (non-hydrogen) atoms. The summed E-state index contributed by atoms with van der Waals surface area (Å²) in [5.74, 6) is 2.23. The van der Waals surface area contributed by atoms with Crippen LogP contribution in [0.1, 0.15) is 11.1 Å². The van der Waals surface area contributed by atoms with Gasteiger partial charge in [0.1, 0.15) is 24.4 Å². The monoisotopic (exact) mass is 434 g/mol. The molecule has 0 aromatic heterocycles. The van der Waals surface area contributed by atoms with E-state index in [1.165, 1.54) is 7.11 Å². The van der Waals surface area contributed by atoms with E-state index >= 15 is 0 Å². The Morgan fingerprint density at radius 3 is 2.32 bits per heavy atom. The molecule has 0 unspecified atom stereocenters. The number of ether oxygens (including phenoxy) is 5. The molecule has 9 nitrogen and oxygen atoms in total. The number of aliphatic hydroxyl groups is 4. The molecule has 1 fully saturated rings. The second-order valence-corrected chi connectivity index (χ2v) is 7.49. The van der Waals surface area contributed by atoms with Crippen LogP contribution in [0, 0.1) is 0 Å². The smallest absolute Gasteiger partial charge is 0.231 e. The van der Waals surface area contributed by atoms with Crippen LogP contribution in [0.15, 0.2) is 36.4 Å². The van der Waals surface area contributed by atoms with Crippen LogP contribution in [-0.2, 0) is 17.6 Å². The molecule has 0 saturated carbocycles. The molecule has 5 atom stereocenters. The Bertz CT molecular complexity index is 901. The molecule has 0 spiro atoms. The van der Waals surface area contributed by atoms with Crippen LogP contribution in [-0.4, -0.2) is 71.6 Å².